The molecule has 0 saturated carbocycles. The molecule has 0 fully saturated rings. The zero-order valence-corrected chi connectivity index (χ0v) is 22.8. The van der Waals surface area contributed by atoms with Crippen LogP contribution in [-0.4, -0.2) is 17.7 Å². The number of rotatable bonds is 4. The Morgan fingerprint density at radius 1 is 0.468 bits per heavy atom. The molecule has 0 bridgehead atoms. The van der Waals surface area contributed by atoms with Gasteiger partial charge >= 0.3 is 24.7 Å². The molecule has 0 saturated heterocycles. The summed E-state index contributed by atoms with van der Waals surface area (Å²) in [5, 5.41) is 8.72. The monoisotopic (exact) mass is 688 g/mol. The van der Waals surface area contributed by atoms with E-state index < -0.39 is 58.5 Å². The minimum Gasteiger partial charge on any atom is -0.508 e. The number of hydrogen-bond donors (Lipinski definition) is 1. The van der Waals surface area contributed by atoms with Crippen LogP contribution >= 0.6 is 0 Å². The second-order valence-electron chi connectivity index (χ2n) is 8.96. The Bertz CT molecular complexity index is 1570. The molecule has 0 unspecified atom stereocenters. The Hall–Kier alpha value is -5.09. The topological polar surface area (TPSA) is 63.6 Å². The first-order chi connectivity index (χ1) is 21.5. The summed E-state index contributed by atoms with van der Waals surface area (Å²) in [5.74, 6) is -1.99. The Labute approximate surface area is 255 Å². The third-order valence-corrected chi connectivity index (χ3v) is 5.39. The van der Waals surface area contributed by atoms with Gasteiger partial charge in [0, 0.05) is 11.1 Å². The van der Waals surface area contributed by atoms with Crippen molar-refractivity contribution in [1.29, 1.82) is 0 Å². The maximum Gasteiger partial charge on any atom is 0.416 e. The lowest BCUT2D eigenvalue weighted by Crippen LogP contribution is -2.11. The van der Waals surface area contributed by atoms with Gasteiger partial charge in [-0.3, -0.25) is 9.59 Å². The van der Waals surface area contributed by atoms with E-state index in [2.05, 4.69) is 0 Å². The van der Waals surface area contributed by atoms with Crippen LogP contribution in [-0.2, 0) is 24.7 Å². The SMILES string of the molecule is O=Cc1ccc(F)cc1.O=Cc1ccc(Oc2cc(C(F)(F)F)cc(C(F)(F)F)c2)cc1.Oc1cc(C(F)(F)F)cc(C(F)(F)F)c1. The number of carbonyl (C=O) groups excluding carboxylic acids is 2. The standard InChI is InChI=1S/C15H8F6O2.C8H4F6O.C7H5FO/c16-14(17,18)10-5-11(15(19,20)21)7-13(6-10)23-12-3-1-9(8-22)2-4-12;9-7(10,11)4-1-5(8(12,13)14)3-6(15)2-4;8-7-3-1-6(5-9)2-4-7/h1-8H;1-3,15H;1-5H. The fourth-order valence-corrected chi connectivity index (χ4v) is 3.22. The molecule has 0 atom stereocenters. The zero-order chi connectivity index (χ0) is 35.8. The first kappa shape index (κ1) is 38.1. The van der Waals surface area contributed by atoms with E-state index in [-0.39, 0.29) is 41.4 Å². The van der Waals surface area contributed by atoms with E-state index in [4.69, 9.17) is 9.84 Å². The first-order valence-corrected chi connectivity index (χ1v) is 12.2. The second-order valence-corrected chi connectivity index (χ2v) is 8.96. The van der Waals surface area contributed by atoms with E-state index in [1.807, 2.05) is 0 Å². The fourth-order valence-electron chi connectivity index (χ4n) is 3.22. The lowest BCUT2D eigenvalue weighted by Gasteiger charge is -2.14. The molecule has 4 aromatic rings. The van der Waals surface area contributed by atoms with E-state index >= 15 is 0 Å². The van der Waals surface area contributed by atoms with Crippen molar-refractivity contribution in [2.45, 2.75) is 24.7 Å². The van der Waals surface area contributed by atoms with Crippen molar-refractivity contribution in [3.63, 3.8) is 0 Å². The van der Waals surface area contributed by atoms with Gasteiger partial charge in [0.2, 0.25) is 0 Å². The molecule has 4 rings (SSSR count). The van der Waals surface area contributed by atoms with Crippen LogP contribution in [0.15, 0.2) is 84.9 Å². The van der Waals surface area contributed by atoms with E-state index in [0.717, 1.165) is 0 Å². The smallest absolute Gasteiger partial charge is 0.416 e. The van der Waals surface area contributed by atoms with Gasteiger partial charge < -0.3 is 9.84 Å². The van der Waals surface area contributed by atoms with Crippen molar-refractivity contribution in [2.24, 2.45) is 0 Å². The van der Waals surface area contributed by atoms with Crippen LogP contribution in [0.5, 0.6) is 17.2 Å². The molecular formula is C30H17F13O4. The molecule has 0 amide bonds. The van der Waals surface area contributed by atoms with Crippen molar-refractivity contribution < 1.29 is 76.5 Å². The Balaban J connectivity index is 0.000000273. The van der Waals surface area contributed by atoms with E-state index in [1.165, 1.54) is 48.5 Å². The minimum absolute atomic E-state index is 0.00282. The van der Waals surface area contributed by atoms with Crippen LogP contribution in [0.2, 0.25) is 0 Å². The summed E-state index contributed by atoms with van der Waals surface area (Å²) in [5.41, 5.74) is -5.21. The zero-order valence-electron chi connectivity index (χ0n) is 22.8. The maximum atomic E-state index is 12.7. The summed E-state index contributed by atoms with van der Waals surface area (Å²) in [4.78, 5) is 20.5. The fraction of sp³-hybridized carbons (Fsp3) is 0.133. The third-order valence-electron chi connectivity index (χ3n) is 5.39. The highest BCUT2D eigenvalue weighted by molar-refractivity contribution is 5.75. The molecule has 0 heterocycles. The highest BCUT2D eigenvalue weighted by atomic mass is 19.4. The number of carbonyl (C=O) groups is 2. The van der Waals surface area contributed by atoms with E-state index in [1.54, 1.807) is 0 Å². The Morgan fingerprint density at radius 2 is 0.787 bits per heavy atom. The molecule has 0 aliphatic heterocycles. The average Bonchev–Trinajstić information content (AvgIpc) is 2.96. The number of phenols is 1. The van der Waals surface area contributed by atoms with Crippen molar-refractivity contribution in [1.82, 2.24) is 0 Å². The molecule has 17 heteroatoms. The number of halogens is 13. The number of ether oxygens (including phenoxy) is 1. The van der Waals surface area contributed by atoms with Crippen LogP contribution in [0.3, 0.4) is 0 Å². The van der Waals surface area contributed by atoms with Gasteiger partial charge in [-0.1, -0.05) is 0 Å². The van der Waals surface area contributed by atoms with Crippen molar-refractivity contribution in [2.75, 3.05) is 0 Å². The van der Waals surface area contributed by atoms with Gasteiger partial charge in [-0.05, 0) is 84.9 Å². The van der Waals surface area contributed by atoms with Crippen molar-refractivity contribution >= 4 is 12.6 Å². The average molecular weight is 688 g/mol. The molecular weight excluding hydrogens is 671 g/mol. The first-order valence-electron chi connectivity index (χ1n) is 12.2. The molecule has 0 aliphatic carbocycles. The largest absolute Gasteiger partial charge is 0.508 e. The molecule has 4 aromatic carbocycles. The molecule has 1 N–H and O–H groups in total. The van der Waals surface area contributed by atoms with E-state index in [0.29, 0.717) is 30.3 Å². The van der Waals surface area contributed by atoms with Crippen LogP contribution < -0.4 is 4.74 Å². The summed E-state index contributed by atoms with van der Waals surface area (Å²) >= 11 is 0. The highest BCUT2D eigenvalue weighted by Gasteiger charge is 2.38. The second kappa shape index (κ2) is 15.0. The Morgan fingerprint density at radius 3 is 1.11 bits per heavy atom. The number of benzene rings is 4. The van der Waals surface area contributed by atoms with Gasteiger partial charge in [-0.25, -0.2) is 4.39 Å². The number of aromatic hydroxyl groups is 1. The van der Waals surface area contributed by atoms with Gasteiger partial charge in [-0.2, -0.15) is 52.7 Å². The van der Waals surface area contributed by atoms with Gasteiger partial charge in [0.05, 0.1) is 22.3 Å². The van der Waals surface area contributed by atoms with Gasteiger partial charge in [0.25, 0.3) is 0 Å². The number of hydrogen-bond acceptors (Lipinski definition) is 4. The van der Waals surface area contributed by atoms with Crippen LogP contribution in [0.4, 0.5) is 57.1 Å². The summed E-state index contributed by atoms with van der Waals surface area (Å²) in [6.07, 6.45) is -18.5. The van der Waals surface area contributed by atoms with Gasteiger partial charge in [0.1, 0.15) is 35.6 Å². The van der Waals surface area contributed by atoms with E-state index in [9.17, 15) is 66.7 Å². The van der Waals surface area contributed by atoms with Gasteiger partial charge in [-0.15, -0.1) is 0 Å². The number of phenolic OH excluding ortho intramolecular Hbond substituents is 1. The molecule has 4 nitrogen and oxygen atoms in total. The third kappa shape index (κ3) is 12.3. The molecule has 252 valence electrons. The van der Waals surface area contributed by atoms with Crippen molar-refractivity contribution in [3.05, 3.63) is 124 Å². The minimum atomic E-state index is -4.94. The molecule has 0 aromatic heterocycles. The predicted octanol–water partition coefficient (Wildman–Crippen LogP) is 10.4. The molecule has 0 spiro atoms. The quantitative estimate of drug-likeness (QED) is 0.171. The summed E-state index contributed by atoms with van der Waals surface area (Å²) in [6.45, 7) is 0. The van der Waals surface area contributed by atoms with Crippen LogP contribution in [0.25, 0.3) is 0 Å². The molecule has 0 radical (unpaired) electrons. The predicted molar refractivity (Wildman–Crippen MR) is 138 cm³/mol. The number of alkyl halides is 12. The summed E-state index contributed by atoms with van der Waals surface area (Å²) in [6, 6.07) is 11.9. The van der Waals surface area contributed by atoms with Crippen molar-refractivity contribution in [3.8, 4) is 17.2 Å². The number of aldehydes is 2. The highest BCUT2D eigenvalue weighted by Crippen LogP contribution is 2.40. The molecule has 0 aliphatic rings. The Kier molecular flexibility index (Phi) is 12.2. The maximum absolute atomic E-state index is 12.7. The summed E-state index contributed by atoms with van der Waals surface area (Å²) < 4.78 is 166. The lowest BCUT2D eigenvalue weighted by atomic mass is 10.1. The van der Waals surface area contributed by atoms with Gasteiger partial charge in [0.15, 0.2) is 0 Å². The lowest BCUT2D eigenvalue weighted by molar-refractivity contribution is -0.144. The van der Waals surface area contributed by atoms with Crippen LogP contribution in [0.1, 0.15) is 43.0 Å². The normalized spacial score (nSPS) is 11.8. The van der Waals surface area contributed by atoms with Crippen LogP contribution in [0, 0.1) is 5.82 Å². The summed E-state index contributed by atoms with van der Waals surface area (Å²) in [7, 11) is 0. The molecule has 47 heavy (non-hydrogen) atoms.